The van der Waals surface area contributed by atoms with Crippen LogP contribution in [-0.4, -0.2) is 7.11 Å². The molecule has 0 unspecified atom stereocenters. The summed E-state index contributed by atoms with van der Waals surface area (Å²) in [6, 6.07) is 14.4. The van der Waals surface area contributed by atoms with Gasteiger partial charge in [-0.25, -0.2) is 8.78 Å². The third kappa shape index (κ3) is 4.01. The zero-order chi connectivity index (χ0) is 20.4. The lowest BCUT2D eigenvalue weighted by atomic mass is 9.77. The summed E-state index contributed by atoms with van der Waals surface area (Å²) in [6.45, 7) is 2.26. The van der Waals surface area contributed by atoms with E-state index in [2.05, 4.69) is 19.1 Å². The lowest BCUT2D eigenvalue weighted by molar-refractivity contribution is 0.308. The van der Waals surface area contributed by atoms with Crippen molar-refractivity contribution in [2.24, 2.45) is 5.92 Å². The molecule has 1 saturated carbocycles. The van der Waals surface area contributed by atoms with Crippen molar-refractivity contribution >= 4 is 10.8 Å². The molecule has 0 bridgehead atoms. The summed E-state index contributed by atoms with van der Waals surface area (Å²) in [5.41, 5.74) is 2.24. The molecule has 4 rings (SSSR count). The van der Waals surface area contributed by atoms with Gasteiger partial charge in [0.05, 0.1) is 7.11 Å². The van der Waals surface area contributed by atoms with Crippen molar-refractivity contribution in [3.05, 3.63) is 65.7 Å². The molecule has 0 heterocycles. The van der Waals surface area contributed by atoms with Crippen molar-refractivity contribution in [2.45, 2.75) is 51.4 Å². The fourth-order valence-corrected chi connectivity index (χ4v) is 4.81. The Morgan fingerprint density at radius 3 is 2.41 bits per heavy atom. The standard InChI is InChI=1S/C26H28F2O/c1-3-4-17-5-7-18(8-6-17)19-9-12-22-20(15-19)10-13-23(26(22)28)21-11-14-25(29-2)24(27)16-21/h9-18H,3-8H2,1-2H3/t17-,18-. The Labute approximate surface area is 171 Å². The minimum Gasteiger partial charge on any atom is -0.494 e. The van der Waals surface area contributed by atoms with E-state index in [9.17, 15) is 4.39 Å². The SMILES string of the molecule is CCC[C@H]1CC[C@H](c2ccc3c(F)c(-c4ccc(OC)c(F)c4)ccc3c2)CC1. The molecule has 1 aliphatic carbocycles. The Balaban J connectivity index is 1.61. The molecule has 0 aliphatic heterocycles. The molecule has 1 aliphatic rings. The van der Waals surface area contributed by atoms with Crippen LogP contribution in [0.2, 0.25) is 0 Å². The van der Waals surface area contributed by atoms with Crippen LogP contribution in [0, 0.1) is 17.6 Å². The van der Waals surface area contributed by atoms with E-state index in [4.69, 9.17) is 4.74 Å². The van der Waals surface area contributed by atoms with Crippen molar-refractivity contribution in [3.63, 3.8) is 0 Å². The van der Waals surface area contributed by atoms with Crippen LogP contribution in [0.1, 0.15) is 56.9 Å². The molecule has 152 valence electrons. The quantitative estimate of drug-likeness (QED) is 0.428. The highest BCUT2D eigenvalue weighted by molar-refractivity contribution is 5.89. The highest BCUT2D eigenvalue weighted by Crippen LogP contribution is 2.39. The van der Waals surface area contributed by atoms with E-state index in [-0.39, 0.29) is 11.6 Å². The van der Waals surface area contributed by atoms with Crippen LogP contribution in [0.15, 0.2) is 48.5 Å². The molecular formula is C26H28F2O. The fourth-order valence-electron chi connectivity index (χ4n) is 4.81. The maximum atomic E-state index is 15.2. The van der Waals surface area contributed by atoms with Crippen LogP contribution >= 0.6 is 0 Å². The van der Waals surface area contributed by atoms with Gasteiger partial charge in [-0.2, -0.15) is 0 Å². The molecule has 0 radical (unpaired) electrons. The second-order valence-electron chi connectivity index (χ2n) is 8.26. The van der Waals surface area contributed by atoms with Gasteiger partial charge in [0.2, 0.25) is 0 Å². The zero-order valence-corrected chi connectivity index (χ0v) is 17.2. The van der Waals surface area contributed by atoms with Gasteiger partial charge in [-0.3, -0.25) is 0 Å². The Bertz CT molecular complexity index is 1000. The van der Waals surface area contributed by atoms with Crippen molar-refractivity contribution in [1.29, 1.82) is 0 Å². The summed E-state index contributed by atoms with van der Waals surface area (Å²) in [7, 11) is 1.42. The van der Waals surface area contributed by atoms with E-state index in [1.54, 1.807) is 12.1 Å². The maximum absolute atomic E-state index is 15.2. The predicted molar refractivity (Wildman–Crippen MR) is 115 cm³/mol. The molecule has 3 aromatic carbocycles. The summed E-state index contributed by atoms with van der Waals surface area (Å²) >= 11 is 0. The number of benzene rings is 3. The van der Waals surface area contributed by atoms with Gasteiger partial charge in [0.1, 0.15) is 5.82 Å². The summed E-state index contributed by atoms with van der Waals surface area (Å²) in [5.74, 6) is 0.824. The van der Waals surface area contributed by atoms with E-state index in [1.165, 1.54) is 63.3 Å². The van der Waals surface area contributed by atoms with Crippen molar-refractivity contribution in [2.75, 3.05) is 7.11 Å². The van der Waals surface area contributed by atoms with Gasteiger partial charge in [0, 0.05) is 10.9 Å². The molecule has 1 fully saturated rings. The molecule has 0 N–H and O–H groups in total. The van der Waals surface area contributed by atoms with Gasteiger partial charge in [0.15, 0.2) is 11.6 Å². The van der Waals surface area contributed by atoms with Crippen molar-refractivity contribution in [1.82, 2.24) is 0 Å². The van der Waals surface area contributed by atoms with Crippen molar-refractivity contribution in [3.8, 4) is 16.9 Å². The Hall–Kier alpha value is -2.42. The van der Waals surface area contributed by atoms with Gasteiger partial charge >= 0.3 is 0 Å². The Morgan fingerprint density at radius 1 is 0.931 bits per heavy atom. The van der Waals surface area contributed by atoms with Gasteiger partial charge in [-0.05, 0) is 66.2 Å². The van der Waals surface area contributed by atoms with E-state index < -0.39 is 5.82 Å². The third-order valence-electron chi connectivity index (χ3n) is 6.46. The van der Waals surface area contributed by atoms with Crippen molar-refractivity contribution < 1.29 is 13.5 Å². The highest BCUT2D eigenvalue weighted by Gasteiger charge is 2.22. The van der Waals surface area contributed by atoms with Gasteiger partial charge in [-0.15, -0.1) is 0 Å². The van der Waals surface area contributed by atoms with Gasteiger partial charge < -0.3 is 4.74 Å². The van der Waals surface area contributed by atoms with Gasteiger partial charge in [-0.1, -0.05) is 56.2 Å². The first-order valence-electron chi connectivity index (χ1n) is 10.7. The average Bonchev–Trinajstić information content (AvgIpc) is 2.74. The summed E-state index contributed by atoms with van der Waals surface area (Å²) in [6.07, 6.45) is 7.65. The first-order chi connectivity index (χ1) is 14.1. The molecule has 0 amide bonds. The zero-order valence-electron chi connectivity index (χ0n) is 17.2. The number of rotatable bonds is 5. The molecule has 0 saturated heterocycles. The topological polar surface area (TPSA) is 9.23 Å². The normalized spacial score (nSPS) is 19.4. The molecule has 3 heteroatoms. The third-order valence-corrected chi connectivity index (χ3v) is 6.46. The molecule has 29 heavy (non-hydrogen) atoms. The molecule has 3 aromatic rings. The minimum atomic E-state index is -0.487. The number of fused-ring (bicyclic) bond motifs is 1. The van der Waals surface area contributed by atoms with E-state index in [0.717, 1.165) is 11.3 Å². The largest absolute Gasteiger partial charge is 0.494 e. The van der Waals surface area contributed by atoms with Crippen LogP contribution in [0.5, 0.6) is 5.75 Å². The van der Waals surface area contributed by atoms with Crippen LogP contribution in [0.3, 0.4) is 0 Å². The van der Waals surface area contributed by atoms with Gasteiger partial charge in [0.25, 0.3) is 0 Å². The average molecular weight is 395 g/mol. The summed E-state index contributed by atoms with van der Waals surface area (Å²) in [5, 5.41) is 1.50. The maximum Gasteiger partial charge on any atom is 0.165 e. The van der Waals surface area contributed by atoms with E-state index in [1.807, 2.05) is 12.1 Å². The van der Waals surface area contributed by atoms with E-state index in [0.29, 0.717) is 22.4 Å². The lowest BCUT2D eigenvalue weighted by Gasteiger charge is -2.28. The van der Waals surface area contributed by atoms with Crippen LogP contribution in [0.25, 0.3) is 21.9 Å². The van der Waals surface area contributed by atoms with Crippen LogP contribution in [-0.2, 0) is 0 Å². The van der Waals surface area contributed by atoms with Crippen LogP contribution < -0.4 is 4.74 Å². The second kappa shape index (κ2) is 8.52. The highest BCUT2D eigenvalue weighted by atomic mass is 19.1. The smallest absolute Gasteiger partial charge is 0.165 e. The molecule has 0 atom stereocenters. The second-order valence-corrected chi connectivity index (χ2v) is 8.26. The lowest BCUT2D eigenvalue weighted by Crippen LogP contribution is -2.13. The van der Waals surface area contributed by atoms with Crippen LogP contribution in [0.4, 0.5) is 8.78 Å². The first kappa shape index (κ1) is 19.9. The predicted octanol–water partition coefficient (Wildman–Crippen LogP) is 7.87. The minimum absolute atomic E-state index is 0.160. The first-order valence-corrected chi connectivity index (χ1v) is 10.7. The number of hydrogen-bond donors (Lipinski definition) is 0. The Morgan fingerprint density at radius 2 is 1.72 bits per heavy atom. The molecular weight excluding hydrogens is 366 g/mol. The molecule has 0 spiro atoms. The number of halogens is 2. The summed E-state index contributed by atoms with van der Waals surface area (Å²) in [4.78, 5) is 0. The number of ether oxygens (including phenoxy) is 1. The monoisotopic (exact) mass is 394 g/mol. The Kier molecular flexibility index (Phi) is 5.84. The molecule has 1 nitrogen and oxygen atoms in total. The fraction of sp³-hybridized carbons (Fsp3) is 0.385. The number of methoxy groups -OCH3 is 1. The number of hydrogen-bond acceptors (Lipinski definition) is 1. The summed E-state index contributed by atoms with van der Waals surface area (Å²) < 4.78 is 34.3. The molecule has 0 aromatic heterocycles. The van der Waals surface area contributed by atoms with E-state index >= 15 is 4.39 Å².